The number of nitrogens with zero attached hydrogens (tertiary/aromatic N) is 1. The smallest absolute Gasteiger partial charge is 0.218 e. The number of halogens is 2. The number of rotatable bonds is 1. The minimum Gasteiger partial charge on any atom is -0.487 e. The Balaban J connectivity index is 2.23. The molecule has 1 aliphatic heterocycles. The van der Waals surface area contributed by atoms with E-state index in [1.54, 1.807) is 30.3 Å². The molecule has 0 atom stereocenters. The first kappa shape index (κ1) is 12.3. The molecule has 0 N–H and O–H groups in total. The molecular formula is C14H9Cl2NO2. The topological polar surface area (TPSA) is 29.5 Å². The fourth-order valence-electron chi connectivity index (χ4n) is 2.08. The first-order valence-corrected chi connectivity index (χ1v) is 6.40. The molecule has 3 nitrogen and oxygen atoms in total. The second-order valence-electron chi connectivity index (χ2n) is 4.15. The van der Waals surface area contributed by atoms with Gasteiger partial charge in [-0.15, -0.1) is 0 Å². The Labute approximate surface area is 120 Å². The van der Waals surface area contributed by atoms with Crippen LogP contribution in [-0.2, 0) is 11.4 Å². The molecule has 0 radical (unpaired) electrons. The molecule has 0 unspecified atom stereocenters. The summed E-state index contributed by atoms with van der Waals surface area (Å²) in [5.41, 5.74) is 2.22. The summed E-state index contributed by atoms with van der Waals surface area (Å²) in [6.07, 6.45) is 0.735. The number of benzene rings is 2. The maximum absolute atomic E-state index is 11.4. The molecule has 3 rings (SSSR count). The Morgan fingerprint density at radius 3 is 2.47 bits per heavy atom. The van der Waals surface area contributed by atoms with Crippen LogP contribution in [0.1, 0.15) is 5.56 Å². The van der Waals surface area contributed by atoms with E-state index < -0.39 is 0 Å². The lowest BCUT2D eigenvalue weighted by Crippen LogP contribution is -2.14. The van der Waals surface area contributed by atoms with Crippen LogP contribution in [0, 0.1) is 0 Å². The van der Waals surface area contributed by atoms with Gasteiger partial charge in [-0.25, -0.2) is 0 Å². The highest BCUT2D eigenvalue weighted by molar-refractivity contribution is 6.31. The first-order valence-electron chi connectivity index (χ1n) is 5.64. The molecule has 19 heavy (non-hydrogen) atoms. The van der Waals surface area contributed by atoms with Gasteiger partial charge in [-0.1, -0.05) is 29.3 Å². The van der Waals surface area contributed by atoms with Crippen LogP contribution < -0.4 is 9.64 Å². The molecule has 96 valence electrons. The molecule has 1 heterocycles. The van der Waals surface area contributed by atoms with E-state index in [1.807, 2.05) is 6.07 Å². The predicted molar refractivity (Wildman–Crippen MR) is 75.4 cm³/mol. The zero-order valence-electron chi connectivity index (χ0n) is 9.77. The summed E-state index contributed by atoms with van der Waals surface area (Å²) in [6.45, 7) is 0.380. The Morgan fingerprint density at radius 1 is 1.05 bits per heavy atom. The van der Waals surface area contributed by atoms with Gasteiger partial charge in [0.2, 0.25) is 6.41 Å². The van der Waals surface area contributed by atoms with E-state index in [0.717, 1.165) is 12.0 Å². The normalized spacial score (nSPS) is 13.1. The number of hydrogen-bond donors (Lipinski definition) is 0. The van der Waals surface area contributed by atoms with E-state index in [1.165, 1.54) is 4.90 Å². The minimum absolute atomic E-state index is 0.380. The average molecular weight is 294 g/mol. The maximum atomic E-state index is 11.4. The second-order valence-corrected chi connectivity index (χ2v) is 5.02. The Kier molecular flexibility index (Phi) is 3.09. The first-order chi connectivity index (χ1) is 9.19. The molecule has 1 amide bonds. The lowest BCUT2D eigenvalue weighted by atomic mass is 10.1. The molecule has 2 aromatic rings. The highest BCUT2D eigenvalue weighted by atomic mass is 35.5. The van der Waals surface area contributed by atoms with Crippen molar-refractivity contribution in [3.63, 3.8) is 0 Å². The van der Waals surface area contributed by atoms with Crippen LogP contribution in [-0.4, -0.2) is 6.41 Å². The third kappa shape index (κ3) is 2.15. The van der Waals surface area contributed by atoms with Gasteiger partial charge in [0.25, 0.3) is 0 Å². The van der Waals surface area contributed by atoms with Crippen molar-refractivity contribution in [2.75, 3.05) is 4.90 Å². The van der Waals surface area contributed by atoms with E-state index in [9.17, 15) is 4.79 Å². The summed E-state index contributed by atoms with van der Waals surface area (Å²) in [6, 6.07) is 10.5. The highest BCUT2D eigenvalue weighted by Crippen LogP contribution is 2.40. The summed E-state index contributed by atoms with van der Waals surface area (Å²) in [5, 5.41) is 1.11. The molecule has 0 saturated heterocycles. The summed E-state index contributed by atoms with van der Waals surface area (Å²) >= 11 is 12.0. The summed E-state index contributed by atoms with van der Waals surface area (Å²) in [7, 11) is 0. The minimum atomic E-state index is 0.380. The van der Waals surface area contributed by atoms with Gasteiger partial charge in [0.05, 0.1) is 11.4 Å². The monoisotopic (exact) mass is 293 g/mol. The molecule has 0 bridgehead atoms. The van der Waals surface area contributed by atoms with Crippen molar-refractivity contribution in [1.29, 1.82) is 0 Å². The largest absolute Gasteiger partial charge is 0.487 e. The molecule has 0 aliphatic carbocycles. The number of amides is 1. The van der Waals surface area contributed by atoms with E-state index in [0.29, 0.717) is 33.8 Å². The summed E-state index contributed by atoms with van der Waals surface area (Å²) in [4.78, 5) is 12.9. The lowest BCUT2D eigenvalue weighted by molar-refractivity contribution is -0.106. The number of anilines is 2. The van der Waals surface area contributed by atoms with E-state index in [4.69, 9.17) is 27.9 Å². The zero-order valence-corrected chi connectivity index (χ0v) is 11.3. The average Bonchev–Trinajstić information content (AvgIpc) is 2.54. The van der Waals surface area contributed by atoms with Crippen LogP contribution >= 0.6 is 23.2 Å². The van der Waals surface area contributed by atoms with Crippen molar-refractivity contribution in [2.45, 2.75) is 6.61 Å². The van der Waals surface area contributed by atoms with Gasteiger partial charge in [-0.3, -0.25) is 9.69 Å². The Morgan fingerprint density at radius 2 is 1.74 bits per heavy atom. The van der Waals surface area contributed by atoms with Gasteiger partial charge in [-0.2, -0.15) is 0 Å². The van der Waals surface area contributed by atoms with E-state index in [-0.39, 0.29) is 0 Å². The molecular weight excluding hydrogens is 285 g/mol. The third-order valence-corrected chi connectivity index (χ3v) is 3.45. The summed E-state index contributed by atoms with van der Waals surface area (Å²) < 4.78 is 5.70. The van der Waals surface area contributed by atoms with Crippen molar-refractivity contribution < 1.29 is 9.53 Å². The number of fused-ring (bicyclic) bond motifs is 2. The van der Waals surface area contributed by atoms with E-state index in [2.05, 4.69) is 0 Å². The Bertz CT molecular complexity index is 604. The van der Waals surface area contributed by atoms with Crippen LogP contribution in [0.2, 0.25) is 10.0 Å². The highest BCUT2D eigenvalue weighted by Gasteiger charge is 2.21. The van der Waals surface area contributed by atoms with Crippen molar-refractivity contribution in [1.82, 2.24) is 0 Å². The fourth-order valence-corrected chi connectivity index (χ4v) is 2.42. The van der Waals surface area contributed by atoms with Gasteiger partial charge in [0.15, 0.2) is 0 Å². The number of carbonyl (C=O) groups is 1. The molecule has 0 saturated carbocycles. The molecule has 0 spiro atoms. The van der Waals surface area contributed by atoms with Crippen molar-refractivity contribution in [3.05, 3.63) is 52.0 Å². The molecule has 1 aliphatic rings. The van der Waals surface area contributed by atoms with Crippen LogP contribution in [0.5, 0.6) is 5.75 Å². The van der Waals surface area contributed by atoms with E-state index >= 15 is 0 Å². The van der Waals surface area contributed by atoms with Crippen LogP contribution in [0.3, 0.4) is 0 Å². The molecule has 5 heteroatoms. The van der Waals surface area contributed by atoms with Gasteiger partial charge in [0.1, 0.15) is 12.4 Å². The summed E-state index contributed by atoms with van der Waals surface area (Å²) in [5.74, 6) is 0.615. The quantitative estimate of drug-likeness (QED) is 0.738. The fraction of sp³-hybridized carbons (Fsp3) is 0.0714. The molecule has 2 aromatic carbocycles. The zero-order chi connectivity index (χ0) is 13.4. The third-order valence-electron chi connectivity index (χ3n) is 2.98. The number of carbonyl (C=O) groups excluding carboxylic acids is 1. The second kappa shape index (κ2) is 4.76. The van der Waals surface area contributed by atoms with Gasteiger partial charge >= 0.3 is 0 Å². The van der Waals surface area contributed by atoms with Crippen LogP contribution in [0.15, 0.2) is 36.4 Å². The van der Waals surface area contributed by atoms with Crippen LogP contribution in [0.25, 0.3) is 0 Å². The van der Waals surface area contributed by atoms with Gasteiger partial charge in [-0.05, 0) is 30.3 Å². The van der Waals surface area contributed by atoms with Gasteiger partial charge in [0, 0.05) is 15.6 Å². The SMILES string of the molecule is O=CN1c2cc(Cl)ccc2COc2ccc(Cl)cc21. The lowest BCUT2D eigenvalue weighted by Gasteiger charge is -2.18. The molecule has 0 fully saturated rings. The Hall–Kier alpha value is -1.71. The maximum Gasteiger partial charge on any atom is 0.218 e. The number of ether oxygens (including phenoxy) is 1. The van der Waals surface area contributed by atoms with Crippen molar-refractivity contribution >= 4 is 41.0 Å². The standard InChI is InChI=1S/C14H9Cl2NO2/c15-10-2-1-9-7-19-14-4-3-11(16)6-13(14)17(8-18)12(9)5-10/h1-6,8H,7H2. The number of hydrogen-bond acceptors (Lipinski definition) is 2. The van der Waals surface area contributed by atoms with Gasteiger partial charge < -0.3 is 4.74 Å². The van der Waals surface area contributed by atoms with Crippen molar-refractivity contribution in [3.8, 4) is 5.75 Å². The molecule has 0 aromatic heterocycles. The van der Waals surface area contributed by atoms with Crippen LogP contribution in [0.4, 0.5) is 11.4 Å². The predicted octanol–water partition coefficient (Wildman–Crippen LogP) is 4.18. The van der Waals surface area contributed by atoms with Crippen molar-refractivity contribution in [2.24, 2.45) is 0 Å².